The van der Waals surface area contributed by atoms with Gasteiger partial charge >= 0.3 is 99.5 Å². The van der Waals surface area contributed by atoms with Crippen LogP contribution < -0.4 is 35.2 Å². The van der Waals surface area contributed by atoms with E-state index in [4.69, 9.17) is 0 Å². The zero-order valence-corrected chi connectivity index (χ0v) is 27.4. The number of hydrogen-bond donors (Lipinski definition) is 0. The molecule has 0 spiro atoms. The minimum atomic E-state index is -0.406. The van der Waals surface area contributed by atoms with Crippen molar-refractivity contribution in [3.8, 4) is 0 Å². The summed E-state index contributed by atoms with van der Waals surface area (Å²) in [6.45, 7) is 13.3. The quantitative estimate of drug-likeness (QED) is 0.327. The second kappa shape index (κ2) is 15.9. The van der Waals surface area contributed by atoms with Crippen molar-refractivity contribution in [2.45, 2.75) is 54.4 Å². The van der Waals surface area contributed by atoms with Crippen molar-refractivity contribution in [3.63, 3.8) is 0 Å². The van der Waals surface area contributed by atoms with Gasteiger partial charge in [0.25, 0.3) is 0 Å². The average Bonchev–Trinajstić information content (AvgIpc) is 3.49. The second-order valence-corrected chi connectivity index (χ2v) is 17.3. The molecule has 34 heavy (non-hydrogen) atoms. The molecule has 0 nitrogen and oxygen atoms in total. The molecule has 0 fully saturated rings. The zero-order chi connectivity index (χ0) is 23.6. The van der Waals surface area contributed by atoms with Gasteiger partial charge in [0.05, 0.1) is 0 Å². The molecule has 2 aromatic rings. The second-order valence-electron chi connectivity index (χ2n) is 10.0. The molecule has 180 valence electrons. The monoisotopic (exact) mass is 674 g/mol. The fourth-order valence-electron chi connectivity index (χ4n) is 3.22. The van der Waals surface area contributed by atoms with Gasteiger partial charge in [-0.25, -0.2) is 12.2 Å². The predicted octanol–water partition coefficient (Wildman–Crippen LogP) is 0.791. The standard InChI is InChI=1S/C12H10Si.2C9H13.2ClH.Hf/c1-3-7-11(8-4-1)13-12-9-5-2-6-10-12;2*1-9(2,3)8-6-4-5-7-8;;;/h1-10H;2*6-7H,4H2,1-3H3;2*1H;/q;2*-1;;;+2/p-2. The van der Waals surface area contributed by atoms with Crippen LogP contribution in [0.15, 0.2) is 96.1 Å². The molecule has 0 aromatic heterocycles. The summed E-state index contributed by atoms with van der Waals surface area (Å²) in [5.41, 5.74) is 3.08. The van der Waals surface area contributed by atoms with Crippen LogP contribution in [0.2, 0.25) is 0 Å². The summed E-state index contributed by atoms with van der Waals surface area (Å²) in [7, 11) is 0. The topological polar surface area (TPSA) is 0 Å². The van der Waals surface area contributed by atoms with Crippen LogP contribution in [0.5, 0.6) is 0 Å². The molecule has 0 bridgehead atoms. The molecule has 2 aliphatic carbocycles. The first-order valence-corrected chi connectivity index (χ1v) is 18.2. The Morgan fingerprint density at radius 2 is 0.941 bits per heavy atom. The summed E-state index contributed by atoms with van der Waals surface area (Å²) in [6, 6.07) is 21.8. The fourth-order valence-corrected chi connectivity index (χ4v) is 8.19. The minimum absolute atomic E-state index is 0. The van der Waals surface area contributed by atoms with Gasteiger partial charge in [0.2, 0.25) is 0 Å². The third-order valence-corrected chi connectivity index (χ3v) is 13.3. The van der Waals surface area contributed by atoms with Crippen molar-refractivity contribution in [1.82, 2.24) is 0 Å². The van der Waals surface area contributed by atoms with Gasteiger partial charge < -0.3 is 24.8 Å². The van der Waals surface area contributed by atoms with Crippen molar-refractivity contribution >= 4 is 15.9 Å². The fraction of sp³-hybridized carbons (Fsp3) is 0.333. The maximum atomic E-state index is 3.16. The van der Waals surface area contributed by atoms with Gasteiger partial charge in [-0.2, -0.15) is 23.3 Å². The molecule has 2 aromatic carbocycles. The Kier molecular flexibility index (Phi) is 15.5. The van der Waals surface area contributed by atoms with E-state index in [1.807, 2.05) is 0 Å². The summed E-state index contributed by atoms with van der Waals surface area (Å²) in [5, 5.41) is 3.07. The van der Waals surface area contributed by atoms with Crippen LogP contribution in [0.4, 0.5) is 0 Å². The molecule has 0 saturated carbocycles. The predicted molar refractivity (Wildman–Crippen MR) is 138 cm³/mol. The normalized spacial score (nSPS) is 13.8. The Hall–Kier alpha value is -0.933. The van der Waals surface area contributed by atoms with Crippen molar-refractivity contribution in [2.75, 3.05) is 0 Å². The summed E-state index contributed by atoms with van der Waals surface area (Å²) < 4.78 is 0. The Bertz CT molecular complexity index is 908. The Morgan fingerprint density at radius 3 is 1.15 bits per heavy atom. The third kappa shape index (κ3) is 11.7. The van der Waals surface area contributed by atoms with E-state index in [0.29, 0.717) is 10.8 Å². The van der Waals surface area contributed by atoms with Gasteiger partial charge in [-0.15, -0.1) is 12.8 Å². The first-order valence-electron chi connectivity index (χ1n) is 11.3. The molecule has 0 radical (unpaired) electrons. The molecule has 0 aliphatic heterocycles. The molecule has 4 rings (SSSR count). The van der Waals surface area contributed by atoms with Crippen LogP contribution in [-0.4, -0.2) is 5.49 Å². The van der Waals surface area contributed by atoms with Gasteiger partial charge in [-0.3, -0.25) is 12.2 Å². The van der Waals surface area contributed by atoms with E-state index in [9.17, 15) is 0 Å². The van der Waals surface area contributed by atoms with E-state index in [2.05, 4.69) is 139 Å². The van der Waals surface area contributed by atoms with Gasteiger partial charge in [-0.05, 0) is 0 Å². The zero-order valence-electron chi connectivity index (χ0n) is 21.3. The number of rotatable bonds is 2. The van der Waals surface area contributed by atoms with E-state index < -0.39 is 5.49 Å². The van der Waals surface area contributed by atoms with Crippen molar-refractivity contribution in [1.29, 1.82) is 0 Å². The molecular weight excluding hydrogens is 638 g/mol. The van der Waals surface area contributed by atoms with Crippen molar-refractivity contribution in [3.05, 3.63) is 108 Å². The van der Waals surface area contributed by atoms with E-state index in [1.165, 1.54) is 44.5 Å². The molecule has 0 N–H and O–H groups in total. The summed E-state index contributed by atoms with van der Waals surface area (Å²) >= 11 is 1.27. The van der Waals surface area contributed by atoms with Crippen LogP contribution in [0.1, 0.15) is 54.4 Å². The third-order valence-electron chi connectivity index (χ3n) is 5.25. The number of allylic oxidation sites excluding steroid dienone is 8. The van der Waals surface area contributed by atoms with Gasteiger partial charge in [0.1, 0.15) is 0 Å². The molecule has 0 amide bonds. The number of benzene rings is 2. The summed E-state index contributed by atoms with van der Waals surface area (Å²) in [5.74, 6) is 0. The van der Waals surface area contributed by atoms with Crippen LogP contribution in [0.25, 0.3) is 0 Å². The first-order chi connectivity index (χ1) is 15.1. The molecule has 4 heteroatoms. The first kappa shape index (κ1) is 33.1. The van der Waals surface area contributed by atoms with Crippen LogP contribution >= 0.6 is 0 Å². The van der Waals surface area contributed by atoms with E-state index in [0.717, 1.165) is 12.8 Å². The Balaban J connectivity index is 0.000000485. The maximum absolute atomic E-state index is 3.16. The van der Waals surface area contributed by atoms with Gasteiger partial charge in [0, 0.05) is 0 Å². The number of halogens is 2. The van der Waals surface area contributed by atoms with Crippen LogP contribution in [-0.2, 0) is 23.0 Å². The molecule has 0 atom stereocenters. The molecular formula is C30H36Cl2HfSi-2. The summed E-state index contributed by atoms with van der Waals surface area (Å²) in [4.78, 5) is 0. The van der Waals surface area contributed by atoms with Crippen LogP contribution in [0.3, 0.4) is 0 Å². The van der Waals surface area contributed by atoms with E-state index in [1.54, 1.807) is 0 Å². The molecule has 0 heterocycles. The van der Waals surface area contributed by atoms with E-state index in [-0.39, 0.29) is 24.8 Å². The van der Waals surface area contributed by atoms with E-state index >= 15 is 0 Å². The van der Waals surface area contributed by atoms with Crippen molar-refractivity contribution < 1.29 is 47.8 Å². The Labute approximate surface area is 235 Å². The molecule has 2 aliphatic rings. The Morgan fingerprint density at radius 1 is 0.618 bits per heavy atom. The van der Waals surface area contributed by atoms with Crippen LogP contribution in [0, 0.1) is 23.0 Å². The van der Waals surface area contributed by atoms with Crippen molar-refractivity contribution in [2.24, 2.45) is 10.8 Å². The van der Waals surface area contributed by atoms with Gasteiger partial charge in [0.15, 0.2) is 0 Å². The number of hydrogen-bond acceptors (Lipinski definition) is 0. The SMILES string of the molecule is CC(C)(C)C1=CC[C-]=C1.CC(C)(C)C1=CC[C-]=C1.[Cl-].[Cl-].[Hf+2]=[Si](c1ccccc1)c1ccccc1. The molecule has 0 unspecified atom stereocenters. The van der Waals surface area contributed by atoms with Gasteiger partial charge in [-0.1, -0.05) is 52.4 Å². The molecule has 0 saturated heterocycles. The summed E-state index contributed by atoms with van der Waals surface area (Å²) in [6.07, 6.45) is 17.0. The average molecular weight is 674 g/mol.